The molecule has 1 fully saturated rings. The van der Waals surface area contributed by atoms with Gasteiger partial charge in [-0.25, -0.2) is 0 Å². The van der Waals surface area contributed by atoms with Crippen LogP contribution in [0.15, 0.2) is 24.4 Å². The van der Waals surface area contributed by atoms with Gasteiger partial charge >= 0.3 is 0 Å². The van der Waals surface area contributed by atoms with E-state index in [2.05, 4.69) is 29.2 Å². The lowest BCUT2D eigenvalue weighted by Crippen LogP contribution is -2.27. The molecular formula is C24H29N7O2. The van der Waals surface area contributed by atoms with Crippen molar-refractivity contribution in [2.75, 3.05) is 33.0 Å². The number of amides is 1. The SMILES string of the molecule is Cc1cc2c(C(N)=O)c(N)n(-c3c(C)ccc4[nH]ncc34)c2nc1OCC1(CN(C)C)CC1. The number of hydrogen-bond donors (Lipinski definition) is 3. The van der Waals surface area contributed by atoms with Crippen LogP contribution in [0, 0.1) is 19.3 Å². The number of carbonyl (C=O) groups is 1. The molecule has 172 valence electrons. The molecule has 0 radical (unpaired) electrons. The third-order valence-electron chi connectivity index (χ3n) is 6.52. The molecule has 9 nitrogen and oxygen atoms in total. The zero-order valence-electron chi connectivity index (χ0n) is 19.4. The predicted molar refractivity (Wildman–Crippen MR) is 129 cm³/mol. The second kappa shape index (κ2) is 7.48. The number of aryl methyl sites for hydroxylation is 2. The van der Waals surface area contributed by atoms with Crippen LogP contribution in [0.25, 0.3) is 27.6 Å². The number of nitrogen functional groups attached to an aromatic ring is 1. The number of rotatable bonds is 7. The van der Waals surface area contributed by atoms with Crippen molar-refractivity contribution in [1.82, 2.24) is 24.6 Å². The number of nitrogens with two attached hydrogens (primary N) is 2. The second-order valence-electron chi connectivity index (χ2n) is 9.53. The Kier molecular flexibility index (Phi) is 4.82. The lowest BCUT2D eigenvalue weighted by Gasteiger charge is -2.20. The number of anilines is 1. The van der Waals surface area contributed by atoms with Gasteiger partial charge < -0.3 is 21.1 Å². The molecule has 1 amide bonds. The number of primary amides is 1. The van der Waals surface area contributed by atoms with Crippen molar-refractivity contribution in [3.05, 3.63) is 41.1 Å². The first kappa shape index (κ1) is 21.3. The van der Waals surface area contributed by atoms with E-state index in [0.717, 1.165) is 47.1 Å². The summed E-state index contributed by atoms with van der Waals surface area (Å²) in [4.78, 5) is 19.4. The van der Waals surface area contributed by atoms with E-state index in [0.29, 0.717) is 23.5 Å². The lowest BCUT2D eigenvalue weighted by atomic mass is 10.1. The van der Waals surface area contributed by atoms with E-state index in [1.165, 1.54) is 0 Å². The molecule has 1 aliphatic rings. The highest BCUT2D eigenvalue weighted by Crippen LogP contribution is 2.46. The maximum atomic E-state index is 12.4. The topological polar surface area (TPSA) is 128 Å². The first-order chi connectivity index (χ1) is 15.7. The van der Waals surface area contributed by atoms with Crippen molar-refractivity contribution in [2.24, 2.45) is 11.1 Å². The van der Waals surface area contributed by atoms with E-state index in [4.69, 9.17) is 21.2 Å². The Morgan fingerprint density at radius 2 is 2.00 bits per heavy atom. The first-order valence-electron chi connectivity index (χ1n) is 11.0. The molecule has 33 heavy (non-hydrogen) atoms. The van der Waals surface area contributed by atoms with Crippen LogP contribution in [0.3, 0.4) is 0 Å². The van der Waals surface area contributed by atoms with E-state index >= 15 is 0 Å². The smallest absolute Gasteiger partial charge is 0.253 e. The van der Waals surface area contributed by atoms with Crippen LogP contribution >= 0.6 is 0 Å². The van der Waals surface area contributed by atoms with E-state index < -0.39 is 5.91 Å². The van der Waals surface area contributed by atoms with Gasteiger partial charge in [-0.3, -0.25) is 14.5 Å². The molecule has 0 unspecified atom stereocenters. The fourth-order valence-corrected chi connectivity index (χ4v) is 4.76. The number of nitrogens with one attached hydrogen (secondary N) is 1. The van der Waals surface area contributed by atoms with Gasteiger partial charge in [-0.15, -0.1) is 0 Å². The molecular weight excluding hydrogens is 418 g/mol. The van der Waals surface area contributed by atoms with E-state index in [1.54, 1.807) is 10.8 Å². The average Bonchev–Trinajstić information content (AvgIpc) is 3.21. The van der Waals surface area contributed by atoms with Gasteiger partial charge in [0.15, 0.2) is 5.65 Å². The lowest BCUT2D eigenvalue weighted by molar-refractivity contribution is 0.100. The van der Waals surface area contributed by atoms with Gasteiger partial charge in [0.2, 0.25) is 5.88 Å². The molecule has 4 aromatic rings. The van der Waals surface area contributed by atoms with Gasteiger partial charge in [-0.2, -0.15) is 10.1 Å². The van der Waals surface area contributed by atoms with Gasteiger partial charge in [0.1, 0.15) is 5.82 Å². The molecule has 1 aliphatic carbocycles. The summed E-state index contributed by atoms with van der Waals surface area (Å²) in [7, 11) is 4.16. The Hall–Kier alpha value is -3.59. The summed E-state index contributed by atoms with van der Waals surface area (Å²) >= 11 is 0. The number of benzene rings is 1. The highest BCUT2D eigenvalue weighted by atomic mass is 16.5. The third kappa shape index (κ3) is 3.48. The predicted octanol–water partition coefficient (Wildman–Crippen LogP) is 2.92. The monoisotopic (exact) mass is 447 g/mol. The van der Waals surface area contributed by atoms with Gasteiger partial charge in [0, 0.05) is 28.3 Å². The Bertz CT molecular complexity index is 1400. The highest BCUT2D eigenvalue weighted by molar-refractivity contribution is 6.11. The van der Waals surface area contributed by atoms with Crippen molar-refractivity contribution in [2.45, 2.75) is 26.7 Å². The Morgan fingerprint density at radius 1 is 1.24 bits per heavy atom. The van der Waals surface area contributed by atoms with Crippen molar-refractivity contribution < 1.29 is 9.53 Å². The Labute approximate surface area is 191 Å². The largest absolute Gasteiger partial charge is 0.477 e. The number of pyridine rings is 1. The van der Waals surface area contributed by atoms with Crippen LogP contribution < -0.4 is 16.2 Å². The molecule has 0 atom stereocenters. The Balaban J connectivity index is 1.68. The van der Waals surface area contributed by atoms with Crippen molar-refractivity contribution in [3.63, 3.8) is 0 Å². The minimum absolute atomic E-state index is 0.172. The van der Waals surface area contributed by atoms with Crippen LogP contribution in [-0.4, -0.2) is 57.8 Å². The summed E-state index contributed by atoms with van der Waals surface area (Å²) in [5.74, 6) is 0.204. The van der Waals surface area contributed by atoms with E-state index in [9.17, 15) is 4.79 Å². The molecule has 1 saturated carbocycles. The highest BCUT2D eigenvalue weighted by Gasteiger charge is 2.44. The number of aromatic amines is 1. The Morgan fingerprint density at radius 3 is 2.67 bits per heavy atom. The molecule has 3 heterocycles. The maximum Gasteiger partial charge on any atom is 0.253 e. The molecule has 5 N–H and O–H groups in total. The molecule has 0 saturated heterocycles. The quantitative estimate of drug-likeness (QED) is 0.400. The average molecular weight is 448 g/mol. The summed E-state index contributed by atoms with van der Waals surface area (Å²) in [5, 5.41) is 8.66. The summed E-state index contributed by atoms with van der Waals surface area (Å²) in [6, 6.07) is 5.83. The molecule has 0 bridgehead atoms. The number of ether oxygens (including phenoxy) is 1. The van der Waals surface area contributed by atoms with Gasteiger partial charge in [0.05, 0.1) is 29.6 Å². The van der Waals surface area contributed by atoms with Gasteiger partial charge in [-0.05, 0) is 58.5 Å². The van der Waals surface area contributed by atoms with Gasteiger partial charge in [-0.1, -0.05) is 6.07 Å². The maximum absolute atomic E-state index is 12.4. The summed E-state index contributed by atoms with van der Waals surface area (Å²) < 4.78 is 8.04. The minimum Gasteiger partial charge on any atom is -0.477 e. The molecule has 0 spiro atoms. The van der Waals surface area contributed by atoms with E-state index in [-0.39, 0.29) is 16.8 Å². The molecule has 3 aromatic heterocycles. The van der Waals surface area contributed by atoms with Crippen LogP contribution in [0.1, 0.15) is 34.3 Å². The van der Waals surface area contributed by atoms with Crippen molar-refractivity contribution >= 4 is 33.7 Å². The third-order valence-corrected chi connectivity index (χ3v) is 6.52. The summed E-state index contributed by atoms with van der Waals surface area (Å²) in [6.45, 7) is 5.49. The molecule has 1 aromatic carbocycles. The second-order valence-corrected chi connectivity index (χ2v) is 9.53. The van der Waals surface area contributed by atoms with E-state index in [1.807, 2.05) is 32.0 Å². The fourth-order valence-electron chi connectivity index (χ4n) is 4.76. The fraction of sp³-hybridized carbons (Fsp3) is 0.375. The summed E-state index contributed by atoms with van der Waals surface area (Å²) in [5.41, 5.74) is 16.7. The number of fused-ring (bicyclic) bond motifs is 2. The zero-order chi connectivity index (χ0) is 23.5. The number of nitrogens with zero attached hydrogens (tertiary/aromatic N) is 4. The molecule has 5 rings (SSSR count). The molecule has 9 heteroatoms. The summed E-state index contributed by atoms with van der Waals surface area (Å²) in [6.07, 6.45) is 4.03. The number of H-pyrrole nitrogens is 1. The normalized spacial score (nSPS) is 14.9. The van der Waals surface area contributed by atoms with Crippen LogP contribution in [0.4, 0.5) is 5.82 Å². The standard InChI is InChI=1S/C24H29N7O2/c1-13-5-6-17-16(10-27-29-17)19(13)31-20(25)18(21(26)32)15-9-14(2)23(28-22(15)31)33-12-24(7-8-24)11-30(3)4/h5-6,9-10H,7-8,11-12,25H2,1-4H3,(H2,26,32)(H,27,29). The van der Waals surface area contributed by atoms with Gasteiger partial charge in [0.25, 0.3) is 5.91 Å². The van der Waals surface area contributed by atoms with Crippen molar-refractivity contribution in [3.8, 4) is 11.6 Å². The van der Waals surface area contributed by atoms with Crippen LogP contribution in [0.2, 0.25) is 0 Å². The minimum atomic E-state index is -0.592. The number of hydrogen-bond acceptors (Lipinski definition) is 6. The van der Waals surface area contributed by atoms with Crippen LogP contribution in [-0.2, 0) is 0 Å². The van der Waals surface area contributed by atoms with Crippen molar-refractivity contribution in [1.29, 1.82) is 0 Å². The molecule has 0 aliphatic heterocycles. The zero-order valence-corrected chi connectivity index (χ0v) is 19.4. The first-order valence-corrected chi connectivity index (χ1v) is 11.0. The van der Waals surface area contributed by atoms with Crippen LogP contribution in [0.5, 0.6) is 5.88 Å². The number of carbonyl (C=O) groups excluding carboxylic acids is 1. The number of aromatic nitrogens is 4.